The second kappa shape index (κ2) is 7.05. The van der Waals surface area contributed by atoms with E-state index in [0.717, 1.165) is 37.6 Å². The Morgan fingerprint density at radius 1 is 1.33 bits per heavy atom. The third-order valence-electron chi connectivity index (χ3n) is 4.85. The molecule has 1 saturated carbocycles. The van der Waals surface area contributed by atoms with Crippen molar-refractivity contribution in [3.8, 4) is 0 Å². The van der Waals surface area contributed by atoms with E-state index < -0.39 is 10.8 Å². The average Bonchev–Trinajstić information content (AvgIpc) is 2.92. The molecule has 1 unspecified atom stereocenters. The van der Waals surface area contributed by atoms with Crippen LogP contribution in [0.5, 0.6) is 0 Å². The van der Waals surface area contributed by atoms with Crippen LogP contribution in [0.15, 0.2) is 0 Å². The summed E-state index contributed by atoms with van der Waals surface area (Å²) in [5.41, 5.74) is 2.64. The van der Waals surface area contributed by atoms with Crippen molar-refractivity contribution in [3.63, 3.8) is 0 Å². The number of hydrogen-bond acceptors (Lipinski definition) is 3. The summed E-state index contributed by atoms with van der Waals surface area (Å²) < 4.78 is 14.3. The van der Waals surface area contributed by atoms with Crippen LogP contribution in [0.2, 0.25) is 0 Å². The summed E-state index contributed by atoms with van der Waals surface area (Å²) in [4.78, 5) is 4.98. The maximum atomic E-state index is 11.8. The van der Waals surface area contributed by atoms with Crippen LogP contribution in [0.1, 0.15) is 62.2 Å². The lowest BCUT2D eigenvalue weighted by Crippen LogP contribution is -2.26. The summed E-state index contributed by atoms with van der Waals surface area (Å²) >= 11 is 0. The quantitative estimate of drug-likeness (QED) is 0.908. The smallest absolute Gasteiger partial charge is 0.112 e. The highest BCUT2D eigenvalue weighted by atomic mass is 32.2. The summed E-state index contributed by atoms with van der Waals surface area (Å²) in [5, 5.41) is 3.42. The Kier molecular flexibility index (Phi) is 5.11. The van der Waals surface area contributed by atoms with Crippen LogP contribution in [0.3, 0.4) is 0 Å². The Morgan fingerprint density at radius 2 is 2.14 bits per heavy atom. The fourth-order valence-corrected chi connectivity index (χ4v) is 4.33. The molecule has 5 heteroatoms. The predicted octanol–water partition coefficient (Wildman–Crippen LogP) is 2.35. The number of imidazole rings is 1. The molecule has 118 valence electrons. The molecular formula is C16H27N3OS. The Balaban J connectivity index is 1.86. The van der Waals surface area contributed by atoms with E-state index in [0.29, 0.717) is 5.92 Å². The molecule has 4 nitrogen and oxygen atoms in total. The zero-order chi connectivity index (χ0) is 14.7. The number of nitrogens with zero attached hydrogens (tertiary/aromatic N) is 2. The highest BCUT2D eigenvalue weighted by molar-refractivity contribution is 7.84. The van der Waals surface area contributed by atoms with Crippen molar-refractivity contribution in [1.82, 2.24) is 14.9 Å². The molecular weight excluding hydrogens is 282 g/mol. The van der Waals surface area contributed by atoms with Crippen LogP contribution in [0, 0.1) is 0 Å². The van der Waals surface area contributed by atoms with Gasteiger partial charge in [0.05, 0.1) is 5.69 Å². The lowest BCUT2D eigenvalue weighted by atomic mass is 9.88. The predicted molar refractivity (Wildman–Crippen MR) is 87.0 cm³/mol. The van der Waals surface area contributed by atoms with Crippen LogP contribution in [-0.4, -0.2) is 31.8 Å². The van der Waals surface area contributed by atoms with Crippen molar-refractivity contribution in [1.29, 1.82) is 0 Å². The number of rotatable bonds is 5. The van der Waals surface area contributed by atoms with E-state index in [1.54, 1.807) is 0 Å². The van der Waals surface area contributed by atoms with Gasteiger partial charge in [-0.2, -0.15) is 0 Å². The van der Waals surface area contributed by atoms with Crippen LogP contribution in [0.4, 0.5) is 0 Å². The molecule has 0 spiro atoms. The average molecular weight is 309 g/mol. The van der Waals surface area contributed by atoms with Gasteiger partial charge in [0.2, 0.25) is 0 Å². The monoisotopic (exact) mass is 309 g/mol. The number of aromatic nitrogens is 2. The fourth-order valence-electron chi connectivity index (χ4n) is 3.65. The lowest BCUT2D eigenvalue weighted by molar-refractivity contribution is 0.415. The van der Waals surface area contributed by atoms with E-state index in [9.17, 15) is 4.21 Å². The minimum absolute atomic E-state index is 0.624. The normalized spacial score (nSPS) is 21.2. The summed E-state index contributed by atoms with van der Waals surface area (Å²) in [6.45, 7) is 4.83. The van der Waals surface area contributed by atoms with Crippen molar-refractivity contribution >= 4 is 10.8 Å². The van der Waals surface area contributed by atoms with Gasteiger partial charge in [-0.3, -0.25) is 4.21 Å². The molecule has 21 heavy (non-hydrogen) atoms. The first-order chi connectivity index (χ1) is 10.3. The molecule has 2 heterocycles. The van der Waals surface area contributed by atoms with Crippen LogP contribution in [0.25, 0.3) is 0 Å². The second-order valence-corrected chi connectivity index (χ2v) is 8.07. The van der Waals surface area contributed by atoms with Gasteiger partial charge in [-0.15, -0.1) is 0 Å². The largest absolute Gasteiger partial charge is 0.331 e. The van der Waals surface area contributed by atoms with E-state index in [1.165, 1.54) is 49.3 Å². The van der Waals surface area contributed by atoms with Gasteiger partial charge in [-0.25, -0.2) is 4.98 Å². The van der Waals surface area contributed by atoms with E-state index in [4.69, 9.17) is 4.98 Å². The van der Waals surface area contributed by atoms with Crippen molar-refractivity contribution in [2.45, 2.75) is 64.5 Å². The van der Waals surface area contributed by atoms with E-state index in [2.05, 4.69) is 9.88 Å². The minimum Gasteiger partial charge on any atom is -0.331 e. The first-order valence-electron chi connectivity index (χ1n) is 8.43. The van der Waals surface area contributed by atoms with Gasteiger partial charge in [-0.05, 0) is 12.8 Å². The van der Waals surface area contributed by atoms with Crippen molar-refractivity contribution in [2.75, 3.05) is 18.1 Å². The molecule has 0 bridgehead atoms. The van der Waals surface area contributed by atoms with Crippen molar-refractivity contribution < 1.29 is 4.21 Å². The Hall–Kier alpha value is -0.680. The molecule has 1 aliphatic heterocycles. The van der Waals surface area contributed by atoms with Gasteiger partial charge in [0, 0.05) is 60.0 Å². The number of hydrogen-bond donors (Lipinski definition) is 1. The molecule has 1 atom stereocenters. The second-order valence-electron chi connectivity index (χ2n) is 6.21. The van der Waals surface area contributed by atoms with Gasteiger partial charge >= 0.3 is 0 Å². The fraction of sp³-hybridized carbons (Fsp3) is 0.812. The summed E-state index contributed by atoms with van der Waals surface area (Å²) in [6.07, 6.45) is 7.66. The molecule has 0 saturated heterocycles. The third kappa shape index (κ3) is 3.39. The van der Waals surface area contributed by atoms with Crippen LogP contribution in [-0.2, 0) is 30.3 Å². The zero-order valence-electron chi connectivity index (χ0n) is 13.1. The maximum absolute atomic E-state index is 11.8. The van der Waals surface area contributed by atoms with Gasteiger partial charge in [0.1, 0.15) is 5.82 Å². The Labute approximate surface area is 130 Å². The SMILES string of the molecule is CCS(=O)CCn1c(C2CCCCC2)nc2c1CCNC2. The molecule has 1 aromatic heterocycles. The summed E-state index contributed by atoms with van der Waals surface area (Å²) in [5.74, 6) is 3.44. The number of fused-ring (bicyclic) bond motifs is 1. The van der Waals surface area contributed by atoms with Crippen molar-refractivity contribution in [3.05, 3.63) is 17.2 Å². The van der Waals surface area contributed by atoms with Crippen molar-refractivity contribution in [2.24, 2.45) is 0 Å². The molecule has 1 N–H and O–H groups in total. The van der Waals surface area contributed by atoms with Crippen LogP contribution < -0.4 is 5.32 Å². The third-order valence-corrected chi connectivity index (χ3v) is 6.13. The molecule has 1 aromatic rings. The van der Waals surface area contributed by atoms with E-state index in [1.807, 2.05) is 6.92 Å². The maximum Gasteiger partial charge on any atom is 0.112 e. The zero-order valence-corrected chi connectivity index (χ0v) is 13.9. The molecule has 2 aliphatic rings. The number of nitrogens with one attached hydrogen (secondary N) is 1. The van der Waals surface area contributed by atoms with Gasteiger partial charge in [-0.1, -0.05) is 26.2 Å². The summed E-state index contributed by atoms with van der Waals surface area (Å²) in [6, 6.07) is 0. The van der Waals surface area contributed by atoms with E-state index >= 15 is 0 Å². The highest BCUT2D eigenvalue weighted by Gasteiger charge is 2.26. The van der Waals surface area contributed by atoms with Gasteiger partial charge < -0.3 is 9.88 Å². The molecule has 3 rings (SSSR count). The lowest BCUT2D eigenvalue weighted by Gasteiger charge is -2.23. The molecule has 1 fully saturated rings. The van der Waals surface area contributed by atoms with Gasteiger partial charge in [0.15, 0.2) is 0 Å². The van der Waals surface area contributed by atoms with E-state index in [-0.39, 0.29) is 0 Å². The van der Waals surface area contributed by atoms with Crippen LogP contribution >= 0.6 is 0 Å². The first-order valence-corrected chi connectivity index (χ1v) is 9.92. The Morgan fingerprint density at radius 3 is 2.90 bits per heavy atom. The molecule has 0 aromatic carbocycles. The minimum atomic E-state index is -0.690. The Bertz CT molecular complexity index is 506. The molecule has 0 radical (unpaired) electrons. The van der Waals surface area contributed by atoms with Gasteiger partial charge in [0.25, 0.3) is 0 Å². The first kappa shape index (κ1) is 15.2. The molecule has 1 aliphatic carbocycles. The highest BCUT2D eigenvalue weighted by Crippen LogP contribution is 2.33. The molecule has 0 amide bonds. The summed E-state index contributed by atoms with van der Waals surface area (Å²) in [7, 11) is -0.690. The standard InChI is InChI=1S/C16H27N3OS/c1-2-21(20)11-10-19-15-8-9-17-12-14(15)18-16(19)13-6-4-3-5-7-13/h13,17H,2-12H2,1H3. The topological polar surface area (TPSA) is 46.9 Å².